The SMILES string of the molecule is CCCC(CC)OC(=O)CCCN.CCCCCCCC(CCCCCC)OC(=O)CCCNC(=O)OC(C)(C)C.O=CC(F)(F)F. The number of nitrogens with one attached hydrogen (secondary N) is 1. The number of unbranched alkanes of at least 4 members (excludes halogenated alkanes) is 7. The molecule has 47 heavy (non-hydrogen) atoms. The zero-order valence-electron chi connectivity index (χ0n) is 30.4. The number of halogens is 3. The Kier molecular flexibility index (Phi) is 33.6. The van der Waals surface area contributed by atoms with E-state index in [9.17, 15) is 27.6 Å². The largest absolute Gasteiger partial charge is 0.462 e. The summed E-state index contributed by atoms with van der Waals surface area (Å²) in [6.45, 7) is 15.0. The second-order valence-electron chi connectivity index (χ2n) is 12.6. The molecule has 0 radical (unpaired) electrons. The average Bonchev–Trinajstić information content (AvgIpc) is 2.99. The van der Waals surface area contributed by atoms with Crippen LogP contribution < -0.4 is 11.1 Å². The van der Waals surface area contributed by atoms with Crippen molar-refractivity contribution in [1.29, 1.82) is 0 Å². The summed E-state index contributed by atoms with van der Waals surface area (Å²) in [5.74, 6) is -0.259. The van der Waals surface area contributed by atoms with E-state index >= 15 is 0 Å². The summed E-state index contributed by atoms with van der Waals surface area (Å²) < 4.78 is 47.4. The van der Waals surface area contributed by atoms with Gasteiger partial charge in [0.2, 0.25) is 6.29 Å². The molecular formula is C35H67F3N2O7. The summed E-state index contributed by atoms with van der Waals surface area (Å²) in [5, 5.41) is 2.68. The van der Waals surface area contributed by atoms with Crippen LogP contribution in [-0.4, -0.2) is 61.4 Å². The highest BCUT2D eigenvalue weighted by molar-refractivity contribution is 5.70. The summed E-state index contributed by atoms with van der Waals surface area (Å²) >= 11 is 0. The number of amides is 1. The van der Waals surface area contributed by atoms with Crippen LogP contribution in [0.1, 0.15) is 164 Å². The first kappa shape index (κ1) is 49.0. The van der Waals surface area contributed by atoms with Crippen molar-refractivity contribution in [2.45, 2.75) is 188 Å². The van der Waals surface area contributed by atoms with Crippen LogP contribution in [0.4, 0.5) is 18.0 Å². The minimum atomic E-state index is -4.64. The Hall–Kier alpha value is -2.37. The molecule has 0 aromatic heterocycles. The molecule has 12 heteroatoms. The van der Waals surface area contributed by atoms with Crippen LogP contribution in [0.5, 0.6) is 0 Å². The molecule has 1 amide bonds. The summed E-state index contributed by atoms with van der Waals surface area (Å²) in [6, 6.07) is 0. The van der Waals surface area contributed by atoms with E-state index in [4.69, 9.17) is 24.7 Å². The second kappa shape index (κ2) is 32.2. The van der Waals surface area contributed by atoms with E-state index in [-0.39, 0.29) is 24.1 Å². The van der Waals surface area contributed by atoms with Crippen LogP contribution in [0.2, 0.25) is 0 Å². The van der Waals surface area contributed by atoms with Gasteiger partial charge in [-0.15, -0.1) is 0 Å². The predicted molar refractivity (Wildman–Crippen MR) is 181 cm³/mol. The molecular weight excluding hydrogens is 617 g/mol. The lowest BCUT2D eigenvalue weighted by molar-refractivity contribution is -0.156. The zero-order valence-corrected chi connectivity index (χ0v) is 30.4. The van der Waals surface area contributed by atoms with Crippen LogP contribution in [0, 0.1) is 0 Å². The number of ether oxygens (including phenoxy) is 3. The number of esters is 2. The molecule has 2 atom stereocenters. The normalized spacial score (nSPS) is 12.3. The third-order valence-corrected chi connectivity index (χ3v) is 6.62. The van der Waals surface area contributed by atoms with Gasteiger partial charge in [0.05, 0.1) is 0 Å². The highest BCUT2D eigenvalue weighted by Gasteiger charge is 2.25. The van der Waals surface area contributed by atoms with Gasteiger partial charge >= 0.3 is 24.2 Å². The van der Waals surface area contributed by atoms with Gasteiger partial charge in [0, 0.05) is 19.4 Å². The van der Waals surface area contributed by atoms with Gasteiger partial charge in [-0.25, -0.2) is 4.79 Å². The Bertz CT molecular complexity index is 775. The zero-order chi connectivity index (χ0) is 36.6. The lowest BCUT2D eigenvalue weighted by Crippen LogP contribution is -2.33. The lowest BCUT2D eigenvalue weighted by atomic mass is 10.0. The molecule has 2 unspecified atom stereocenters. The van der Waals surface area contributed by atoms with E-state index in [1.165, 1.54) is 44.9 Å². The fourth-order valence-corrected chi connectivity index (χ4v) is 4.18. The standard InChI is InChI=1S/C23H45NO4.C10H21NO2.C2HF3O/c1-6-8-10-12-14-17-20(16-13-11-9-7-2)27-21(25)18-15-19-24-22(26)28-23(3,4)5;1-3-6-9(4-2)13-10(12)7-5-8-11;3-2(4,5)1-6/h20H,6-19H2,1-5H3,(H,24,26);9H,3-8,11H2,1-2H3;1H. The molecule has 0 aliphatic heterocycles. The fraction of sp³-hybridized carbons (Fsp3) is 0.886. The van der Waals surface area contributed by atoms with Crippen molar-refractivity contribution < 1.29 is 46.6 Å². The first-order chi connectivity index (χ1) is 22.1. The van der Waals surface area contributed by atoms with Crippen LogP contribution in [0.25, 0.3) is 0 Å². The lowest BCUT2D eigenvalue weighted by Gasteiger charge is -2.20. The molecule has 0 saturated heterocycles. The van der Waals surface area contributed by atoms with Crippen LogP contribution in [-0.2, 0) is 28.6 Å². The third kappa shape index (κ3) is 41.6. The summed E-state index contributed by atoms with van der Waals surface area (Å²) in [5.41, 5.74) is 4.78. The van der Waals surface area contributed by atoms with E-state index in [0.29, 0.717) is 32.4 Å². The molecule has 0 rings (SSSR count). The van der Waals surface area contributed by atoms with E-state index in [2.05, 4.69) is 26.1 Å². The molecule has 0 heterocycles. The van der Waals surface area contributed by atoms with E-state index < -0.39 is 24.2 Å². The number of alkyl halides is 3. The van der Waals surface area contributed by atoms with Crippen molar-refractivity contribution >= 4 is 24.3 Å². The van der Waals surface area contributed by atoms with Gasteiger partial charge in [-0.2, -0.15) is 13.2 Å². The van der Waals surface area contributed by atoms with Crippen molar-refractivity contribution in [3.8, 4) is 0 Å². The van der Waals surface area contributed by atoms with Gasteiger partial charge in [-0.1, -0.05) is 79.1 Å². The number of alkyl carbamates (subject to hydrolysis) is 1. The third-order valence-electron chi connectivity index (χ3n) is 6.62. The number of hydrogen-bond acceptors (Lipinski definition) is 8. The first-order valence-electron chi connectivity index (χ1n) is 17.7. The van der Waals surface area contributed by atoms with Crippen LogP contribution in [0.15, 0.2) is 0 Å². The highest BCUT2D eigenvalue weighted by atomic mass is 19.4. The Balaban J connectivity index is -0.000000834. The first-order valence-corrected chi connectivity index (χ1v) is 17.7. The van der Waals surface area contributed by atoms with E-state index in [0.717, 1.165) is 51.4 Å². The second-order valence-corrected chi connectivity index (χ2v) is 12.6. The maximum absolute atomic E-state index is 12.2. The van der Waals surface area contributed by atoms with E-state index in [1.807, 2.05) is 27.7 Å². The summed E-state index contributed by atoms with van der Waals surface area (Å²) in [4.78, 5) is 43.7. The molecule has 0 saturated carbocycles. The Morgan fingerprint density at radius 2 is 1.17 bits per heavy atom. The van der Waals surface area contributed by atoms with Crippen molar-refractivity contribution in [2.24, 2.45) is 5.73 Å². The van der Waals surface area contributed by atoms with Crippen molar-refractivity contribution in [3.63, 3.8) is 0 Å². The molecule has 0 fully saturated rings. The Labute approximate surface area is 283 Å². The van der Waals surface area contributed by atoms with Gasteiger partial charge in [0.25, 0.3) is 0 Å². The van der Waals surface area contributed by atoms with E-state index in [1.54, 1.807) is 0 Å². The molecule has 0 aliphatic rings. The number of carbonyl (C=O) groups excluding carboxylic acids is 4. The number of nitrogens with two attached hydrogens (primary N) is 1. The number of carbonyl (C=O) groups is 4. The minimum absolute atomic E-state index is 0.0461. The van der Waals surface area contributed by atoms with Gasteiger partial charge < -0.3 is 25.3 Å². The van der Waals surface area contributed by atoms with Crippen molar-refractivity contribution in [2.75, 3.05) is 13.1 Å². The maximum Gasteiger partial charge on any atom is 0.446 e. The number of aldehydes is 1. The Morgan fingerprint density at radius 1 is 0.702 bits per heavy atom. The average molecular weight is 685 g/mol. The smallest absolute Gasteiger partial charge is 0.446 e. The molecule has 0 bridgehead atoms. The molecule has 3 N–H and O–H groups in total. The van der Waals surface area contributed by atoms with Gasteiger partial charge in [0.1, 0.15) is 17.8 Å². The van der Waals surface area contributed by atoms with Gasteiger partial charge in [0.15, 0.2) is 0 Å². The molecule has 0 aromatic rings. The summed E-state index contributed by atoms with van der Waals surface area (Å²) in [7, 11) is 0. The van der Waals surface area contributed by atoms with Gasteiger partial charge in [-0.05, 0) is 78.7 Å². The predicted octanol–water partition coefficient (Wildman–Crippen LogP) is 9.13. The minimum Gasteiger partial charge on any atom is -0.462 e. The maximum atomic E-state index is 12.2. The quantitative estimate of drug-likeness (QED) is 0.0471. The molecule has 0 aliphatic carbocycles. The molecule has 280 valence electrons. The van der Waals surface area contributed by atoms with Crippen LogP contribution >= 0.6 is 0 Å². The monoisotopic (exact) mass is 684 g/mol. The number of hydrogen-bond donors (Lipinski definition) is 2. The molecule has 9 nitrogen and oxygen atoms in total. The molecule has 0 aromatic carbocycles. The van der Waals surface area contributed by atoms with Crippen LogP contribution in [0.3, 0.4) is 0 Å². The van der Waals surface area contributed by atoms with Crippen molar-refractivity contribution in [1.82, 2.24) is 5.32 Å². The fourth-order valence-electron chi connectivity index (χ4n) is 4.18. The Morgan fingerprint density at radius 3 is 1.60 bits per heavy atom. The van der Waals surface area contributed by atoms with Crippen molar-refractivity contribution in [3.05, 3.63) is 0 Å². The summed E-state index contributed by atoms with van der Waals surface area (Å²) in [6.07, 6.45) is 11.9. The highest BCUT2D eigenvalue weighted by Crippen LogP contribution is 2.17. The number of rotatable bonds is 23. The molecule has 0 spiro atoms. The topological polar surface area (TPSA) is 134 Å². The van der Waals surface area contributed by atoms with Gasteiger partial charge in [-0.3, -0.25) is 14.4 Å².